The predicted octanol–water partition coefficient (Wildman–Crippen LogP) is 6.03. The molecule has 1 aliphatic rings. The topological polar surface area (TPSA) is 79.3 Å². The number of amides is 1. The first kappa shape index (κ1) is 23.5. The summed E-state index contributed by atoms with van der Waals surface area (Å²) in [6, 6.07) is 11.2. The van der Waals surface area contributed by atoms with Crippen molar-refractivity contribution in [3.05, 3.63) is 79.7 Å². The molecular formula is C24H24ClN5OS2. The van der Waals surface area contributed by atoms with E-state index in [1.165, 1.54) is 0 Å². The monoisotopic (exact) mass is 497 g/mol. The fourth-order valence-electron chi connectivity index (χ4n) is 3.53. The van der Waals surface area contributed by atoms with Gasteiger partial charge in [0, 0.05) is 11.2 Å². The molecule has 0 saturated heterocycles. The van der Waals surface area contributed by atoms with Gasteiger partial charge in [-0.3, -0.25) is 9.79 Å². The molecule has 170 valence electrons. The lowest BCUT2D eigenvalue weighted by Gasteiger charge is -2.19. The van der Waals surface area contributed by atoms with Crippen molar-refractivity contribution < 1.29 is 4.79 Å². The average Bonchev–Trinajstić information content (AvgIpc) is 3.50. The Morgan fingerprint density at radius 3 is 2.70 bits per heavy atom. The van der Waals surface area contributed by atoms with Crippen LogP contribution in [0.5, 0.6) is 0 Å². The van der Waals surface area contributed by atoms with E-state index in [-0.39, 0.29) is 11.4 Å². The summed E-state index contributed by atoms with van der Waals surface area (Å²) in [5, 5.41) is 10.0. The number of hydrogen-bond donors (Lipinski definition) is 2. The predicted molar refractivity (Wildman–Crippen MR) is 139 cm³/mol. The van der Waals surface area contributed by atoms with Crippen LogP contribution in [0.3, 0.4) is 0 Å². The number of thiazole rings is 1. The second kappa shape index (κ2) is 10.1. The molecule has 1 saturated carbocycles. The molecule has 0 unspecified atom stereocenters. The Kier molecular flexibility index (Phi) is 7.17. The van der Waals surface area contributed by atoms with Gasteiger partial charge < -0.3 is 10.6 Å². The van der Waals surface area contributed by atoms with Crippen LogP contribution >= 0.6 is 34.7 Å². The average molecular weight is 498 g/mol. The second-order valence-electron chi connectivity index (χ2n) is 7.74. The molecule has 3 aromatic rings. The first-order chi connectivity index (χ1) is 15.9. The molecule has 9 heteroatoms. The van der Waals surface area contributed by atoms with Crippen LogP contribution < -0.4 is 10.6 Å². The Balaban J connectivity index is 1.32. The number of nitrogens with zero attached hydrogens (tertiary/aromatic N) is 3. The molecule has 2 heterocycles. The first-order valence-corrected chi connectivity index (χ1v) is 12.7. The van der Waals surface area contributed by atoms with E-state index in [9.17, 15) is 4.79 Å². The van der Waals surface area contributed by atoms with Crippen molar-refractivity contribution in [3.8, 4) is 0 Å². The van der Waals surface area contributed by atoms with E-state index in [1.807, 2.05) is 43.5 Å². The molecule has 2 N–H and O–H groups in total. The molecule has 0 aliphatic heterocycles. The highest BCUT2D eigenvalue weighted by Gasteiger charge is 2.46. The van der Waals surface area contributed by atoms with Crippen molar-refractivity contribution in [2.24, 2.45) is 4.99 Å². The van der Waals surface area contributed by atoms with E-state index in [2.05, 4.69) is 32.3 Å². The van der Waals surface area contributed by atoms with Gasteiger partial charge in [0.1, 0.15) is 5.82 Å². The first-order valence-electron chi connectivity index (χ1n) is 10.4. The molecule has 0 bridgehead atoms. The van der Waals surface area contributed by atoms with Gasteiger partial charge in [-0.05, 0) is 62.6 Å². The minimum atomic E-state index is -0.374. The van der Waals surface area contributed by atoms with Crippen LogP contribution in [0.15, 0.2) is 53.0 Å². The maximum absolute atomic E-state index is 12.8. The molecule has 0 atom stereocenters. The van der Waals surface area contributed by atoms with Crippen molar-refractivity contribution in [2.45, 2.75) is 32.2 Å². The Hall–Kier alpha value is -2.68. The number of hydrogen-bond acceptors (Lipinski definition) is 7. The van der Waals surface area contributed by atoms with Crippen molar-refractivity contribution in [1.82, 2.24) is 15.3 Å². The standard InChI is InChI=1S/C24H24ClN5OS2/c1-15-22(33-16(2)29-15)20(26-3)13-32-14-28-21-9-8-17(12-27-21)23(31)30-24(10-11-24)18-6-4-5-7-19(18)25/h4-9,12-13H,3,10-11,14H2,1-2H3,(H,27,28)(H,30,31)/b20-13-. The number of nitrogens with one attached hydrogen (secondary N) is 2. The Morgan fingerprint density at radius 1 is 1.30 bits per heavy atom. The summed E-state index contributed by atoms with van der Waals surface area (Å²) >= 11 is 9.51. The normalized spacial score (nSPS) is 14.6. The van der Waals surface area contributed by atoms with Crippen LogP contribution in [0.2, 0.25) is 5.02 Å². The van der Waals surface area contributed by atoms with Gasteiger partial charge in [0.05, 0.1) is 38.3 Å². The zero-order valence-corrected chi connectivity index (χ0v) is 20.8. The summed E-state index contributed by atoms with van der Waals surface area (Å²) in [6.45, 7) is 7.63. The van der Waals surface area contributed by atoms with Gasteiger partial charge >= 0.3 is 0 Å². The van der Waals surface area contributed by atoms with Crippen molar-refractivity contribution >= 4 is 58.8 Å². The smallest absolute Gasteiger partial charge is 0.253 e. The highest BCUT2D eigenvalue weighted by molar-refractivity contribution is 8.02. The fraction of sp³-hybridized carbons (Fsp3) is 0.250. The minimum Gasteiger partial charge on any atom is -0.361 e. The van der Waals surface area contributed by atoms with Gasteiger partial charge in [0.15, 0.2) is 0 Å². The number of anilines is 1. The third-order valence-corrected chi connectivity index (χ3v) is 7.48. The zero-order valence-electron chi connectivity index (χ0n) is 18.4. The lowest BCUT2D eigenvalue weighted by molar-refractivity contribution is 0.0930. The lowest BCUT2D eigenvalue weighted by Crippen LogP contribution is -2.35. The molecule has 1 aromatic carbocycles. The molecule has 0 radical (unpaired) electrons. The van der Waals surface area contributed by atoms with Gasteiger partial charge in [0.2, 0.25) is 0 Å². The van der Waals surface area contributed by atoms with Crippen LogP contribution in [-0.4, -0.2) is 28.5 Å². The maximum atomic E-state index is 12.8. The summed E-state index contributed by atoms with van der Waals surface area (Å²) in [5.74, 6) is 1.14. The van der Waals surface area contributed by atoms with Crippen molar-refractivity contribution in [3.63, 3.8) is 0 Å². The summed E-state index contributed by atoms with van der Waals surface area (Å²) in [6.07, 6.45) is 3.34. The number of halogens is 1. The molecule has 1 amide bonds. The zero-order chi connectivity index (χ0) is 23.4. The number of pyridine rings is 1. The largest absolute Gasteiger partial charge is 0.361 e. The molecule has 0 spiro atoms. The van der Waals surface area contributed by atoms with Crippen LogP contribution in [0.1, 0.15) is 44.3 Å². The summed E-state index contributed by atoms with van der Waals surface area (Å²) in [5.41, 5.74) is 2.88. The van der Waals surface area contributed by atoms with Gasteiger partial charge in [-0.2, -0.15) is 0 Å². The van der Waals surface area contributed by atoms with Gasteiger partial charge in [-0.25, -0.2) is 9.97 Å². The van der Waals surface area contributed by atoms with Gasteiger partial charge in [0.25, 0.3) is 5.91 Å². The minimum absolute atomic E-state index is 0.152. The quantitative estimate of drug-likeness (QED) is 0.214. The second-order valence-corrected chi connectivity index (χ2v) is 10.2. The van der Waals surface area contributed by atoms with Crippen LogP contribution in [-0.2, 0) is 5.54 Å². The summed E-state index contributed by atoms with van der Waals surface area (Å²) in [4.78, 5) is 26.8. The SMILES string of the molecule is C=N/C(=C\SCNc1ccc(C(=O)NC2(c3ccccc3Cl)CC2)cn1)c1sc(C)nc1C. The molecule has 6 nitrogen and oxygen atoms in total. The highest BCUT2D eigenvalue weighted by atomic mass is 35.5. The number of rotatable bonds is 9. The molecule has 1 fully saturated rings. The van der Waals surface area contributed by atoms with E-state index in [4.69, 9.17) is 11.6 Å². The number of aryl methyl sites for hydroxylation is 2. The number of carbonyl (C=O) groups excluding carboxylic acids is 1. The Bertz CT molecular complexity index is 1200. The van der Waals surface area contributed by atoms with E-state index >= 15 is 0 Å². The van der Waals surface area contributed by atoms with E-state index in [0.717, 1.165) is 39.7 Å². The number of benzene rings is 1. The van der Waals surface area contributed by atoms with E-state index in [0.29, 0.717) is 22.3 Å². The fourth-order valence-corrected chi connectivity index (χ4v) is 5.48. The lowest BCUT2D eigenvalue weighted by atomic mass is 10.0. The Morgan fingerprint density at radius 2 is 2.09 bits per heavy atom. The number of aliphatic imine (C=N–C) groups is 1. The third-order valence-electron chi connectivity index (χ3n) is 5.36. The molecule has 33 heavy (non-hydrogen) atoms. The van der Waals surface area contributed by atoms with Crippen molar-refractivity contribution in [2.75, 3.05) is 11.2 Å². The number of aromatic nitrogens is 2. The van der Waals surface area contributed by atoms with Crippen LogP contribution in [0.25, 0.3) is 5.70 Å². The third kappa shape index (κ3) is 5.46. The van der Waals surface area contributed by atoms with Gasteiger partial charge in [-0.1, -0.05) is 29.8 Å². The summed E-state index contributed by atoms with van der Waals surface area (Å²) < 4.78 is 0. The molecule has 1 aliphatic carbocycles. The van der Waals surface area contributed by atoms with E-state index in [1.54, 1.807) is 41.4 Å². The maximum Gasteiger partial charge on any atom is 0.253 e. The summed E-state index contributed by atoms with van der Waals surface area (Å²) in [7, 11) is 0. The number of thioether (sulfide) groups is 1. The van der Waals surface area contributed by atoms with Crippen LogP contribution in [0.4, 0.5) is 5.82 Å². The molecular weight excluding hydrogens is 474 g/mol. The van der Waals surface area contributed by atoms with Crippen LogP contribution in [0, 0.1) is 13.8 Å². The van der Waals surface area contributed by atoms with Crippen molar-refractivity contribution in [1.29, 1.82) is 0 Å². The number of carbonyl (C=O) groups is 1. The van der Waals surface area contributed by atoms with E-state index < -0.39 is 0 Å². The van der Waals surface area contributed by atoms with Gasteiger partial charge in [-0.15, -0.1) is 23.1 Å². The highest BCUT2D eigenvalue weighted by Crippen LogP contribution is 2.48. The molecule has 4 rings (SSSR count). The molecule has 2 aromatic heterocycles. The Labute approximate surface area is 206 Å².